The monoisotopic (exact) mass is 235 g/mol. The second kappa shape index (κ2) is 6.50. The van der Waals surface area contributed by atoms with E-state index in [0.717, 1.165) is 12.8 Å². The van der Waals surface area contributed by atoms with Gasteiger partial charge in [0.15, 0.2) is 0 Å². The maximum Gasteiger partial charge on any atom is 0.265 e. The van der Waals surface area contributed by atoms with Crippen LogP contribution in [0.4, 0.5) is 8.78 Å². The Kier molecular flexibility index (Phi) is 5.62. The first-order chi connectivity index (χ1) is 7.52. The van der Waals surface area contributed by atoms with Crippen molar-refractivity contribution in [2.75, 3.05) is 6.54 Å². The van der Waals surface area contributed by atoms with Crippen molar-refractivity contribution < 1.29 is 13.9 Å². The third-order valence-corrected chi connectivity index (χ3v) is 3.56. The predicted molar refractivity (Wildman–Crippen MR) is 60.6 cm³/mol. The van der Waals surface area contributed by atoms with Gasteiger partial charge >= 0.3 is 0 Å². The summed E-state index contributed by atoms with van der Waals surface area (Å²) in [5.74, 6) is 1.13. The normalized spacial score (nSPS) is 28.7. The van der Waals surface area contributed by atoms with Crippen LogP contribution >= 0.6 is 0 Å². The Balaban J connectivity index is 2.38. The average molecular weight is 235 g/mol. The van der Waals surface area contributed by atoms with Gasteiger partial charge in [0.2, 0.25) is 0 Å². The molecule has 1 fully saturated rings. The minimum absolute atomic E-state index is 0.00551. The summed E-state index contributed by atoms with van der Waals surface area (Å²) in [6.45, 7) is 4.36. The van der Waals surface area contributed by atoms with Crippen LogP contribution in [0.25, 0.3) is 0 Å². The van der Waals surface area contributed by atoms with E-state index in [0.29, 0.717) is 17.9 Å². The quantitative estimate of drug-likeness (QED) is 0.767. The molecule has 2 N–H and O–H groups in total. The first-order valence-electron chi connectivity index (χ1n) is 6.22. The van der Waals surface area contributed by atoms with Gasteiger partial charge in [0.1, 0.15) is 6.10 Å². The molecule has 1 aliphatic rings. The Morgan fingerprint density at radius 1 is 1.25 bits per heavy atom. The van der Waals surface area contributed by atoms with Gasteiger partial charge in [-0.25, -0.2) is 8.78 Å². The number of hydrogen-bond donors (Lipinski definition) is 2. The largest absolute Gasteiger partial charge is 0.386 e. The molecule has 0 bridgehead atoms. The molecular formula is C12H23F2NO. The summed E-state index contributed by atoms with van der Waals surface area (Å²) in [6.07, 6.45) is 0.423. The van der Waals surface area contributed by atoms with Crippen molar-refractivity contribution in [3.8, 4) is 0 Å². The third-order valence-electron chi connectivity index (χ3n) is 3.56. The highest BCUT2D eigenvalue weighted by Gasteiger charge is 2.28. The van der Waals surface area contributed by atoms with Gasteiger partial charge in [-0.2, -0.15) is 0 Å². The summed E-state index contributed by atoms with van der Waals surface area (Å²) < 4.78 is 24.3. The molecule has 1 rings (SSSR count). The van der Waals surface area contributed by atoms with E-state index in [9.17, 15) is 8.78 Å². The lowest BCUT2D eigenvalue weighted by Crippen LogP contribution is -2.45. The zero-order chi connectivity index (χ0) is 12.1. The molecule has 0 aromatic carbocycles. The molecule has 3 atom stereocenters. The minimum Gasteiger partial charge on any atom is -0.386 e. The van der Waals surface area contributed by atoms with Crippen LogP contribution < -0.4 is 5.32 Å². The van der Waals surface area contributed by atoms with Crippen molar-refractivity contribution in [2.45, 2.75) is 58.1 Å². The van der Waals surface area contributed by atoms with Crippen LogP contribution in [0.3, 0.4) is 0 Å². The van der Waals surface area contributed by atoms with Gasteiger partial charge in [0.05, 0.1) is 0 Å². The molecule has 0 radical (unpaired) electrons. The first kappa shape index (κ1) is 13.8. The van der Waals surface area contributed by atoms with Crippen LogP contribution in [0.2, 0.25) is 0 Å². The second-order valence-electron chi connectivity index (χ2n) is 5.11. The zero-order valence-electron chi connectivity index (χ0n) is 10.1. The van der Waals surface area contributed by atoms with E-state index in [1.165, 1.54) is 12.8 Å². The van der Waals surface area contributed by atoms with Crippen LogP contribution in [0.15, 0.2) is 0 Å². The fourth-order valence-electron chi connectivity index (χ4n) is 2.57. The van der Waals surface area contributed by atoms with Crippen molar-refractivity contribution in [3.63, 3.8) is 0 Å². The predicted octanol–water partition coefficient (Wildman–Crippen LogP) is 2.42. The molecule has 0 aromatic rings. The Morgan fingerprint density at radius 2 is 1.88 bits per heavy atom. The van der Waals surface area contributed by atoms with Gasteiger partial charge in [-0.05, 0) is 24.7 Å². The van der Waals surface area contributed by atoms with Crippen LogP contribution in [0.5, 0.6) is 0 Å². The summed E-state index contributed by atoms with van der Waals surface area (Å²) in [7, 11) is 0. The molecule has 0 saturated heterocycles. The molecule has 0 heterocycles. The molecule has 1 aliphatic carbocycles. The summed E-state index contributed by atoms with van der Waals surface area (Å²) in [6, 6.07) is 0.294. The number of aliphatic hydroxyl groups excluding tert-OH is 1. The van der Waals surface area contributed by atoms with Crippen molar-refractivity contribution in [3.05, 3.63) is 0 Å². The summed E-state index contributed by atoms with van der Waals surface area (Å²) >= 11 is 0. The lowest BCUT2D eigenvalue weighted by atomic mass is 9.78. The van der Waals surface area contributed by atoms with Crippen molar-refractivity contribution >= 4 is 0 Å². The molecule has 96 valence electrons. The molecule has 2 nitrogen and oxygen atoms in total. The standard InChI is InChI=1S/C12H23F2NO/c1-8(2)9-5-3-4-6-10(9)15-7-11(16)12(13)14/h8-12,15-16H,3-7H2,1-2H3. The number of hydrogen-bond acceptors (Lipinski definition) is 2. The zero-order valence-corrected chi connectivity index (χ0v) is 10.1. The van der Waals surface area contributed by atoms with Crippen LogP contribution in [0.1, 0.15) is 39.5 Å². The second-order valence-corrected chi connectivity index (χ2v) is 5.11. The van der Waals surface area contributed by atoms with E-state index in [2.05, 4.69) is 19.2 Å². The van der Waals surface area contributed by atoms with E-state index in [1.54, 1.807) is 0 Å². The highest BCUT2D eigenvalue weighted by atomic mass is 19.3. The maximum atomic E-state index is 12.1. The molecule has 16 heavy (non-hydrogen) atoms. The fourth-order valence-corrected chi connectivity index (χ4v) is 2.57. The third kappa shape index (κ3) is 3.98. The highest BCUT2D eigenvalue weighted by Crippen LogP contribution is 2.30. The molecule has 0 spiro atoms. The van der Waals surface area contributed by atoms with Gasteiger partial charge < -0.3 is 10.4 Å². The molecule has 0 amide bonds. The van der Waals surface area contributed by atoms with E-state index < -0.39 is 12.5 Å². The number of halogens is 2. The van der Waals surface area contributed by atoms with Gasteiger partial charge in [0.25, 0.3) is 6.43 Å². The van der Waals surface area contributed by atoms with Crippen molar-refractivity contribution in [1.82, 2.24) is 5.32 Å². The number of rotatable bonds is 5. The summed E-state index contributed by atoms with van der Waals surface area (Å²) in [5.41, 5.74) is 0. The average Bonchev–Trinajstić information content (AvgIpc) is 2.25. The van der Waals surface area contributed by atoms with E-state index in [4.69, 9.17) is 5.11 Å². The molecule has 0 aromatic heterocycles. The minimum atomic E-state index is -2.64. The van der Waals surface area contributed by atoms with Gasteiger partial charge in [-0.1, -0.05) is 26.7 Å². The lowest BCUT2D eigenvalue weighted by molar-refractivity contribution is -0.00702. The van der Waals surface area contributed by atoms with Crippen LogP contribution in [-0.2, 0) is 0 Å². The van der Waals surface area contributed by atoms with Crippen LogP contribution in [-0.4, -0.2) is 30.2 Å². The van der Waals surface area contributed by atoms with E-state index >= 15 is 0 Å². The van der Waals surface area contributed by atoms with Crippen molar-refractivity contribution in [1.29, 1.82) is 0 Å². The number of aliphatic hydroxyl groups is 1. The number of nitrogens with one attached hydrogen (secondary N) is 1. The smallest absolute Gasteiger partial charge is 0.265 e. The van der Waals surface area contributed by atoms with Crippen LogP contribution in [0, 0.1) is 11.8 Å². The highest BCUT2D eigenvalue weighted by molar-refractivity contribution is 4.83. The molecule has 0 aliphatic heterocycles. The SMILES string of the molecule is CC(C)C1CCCCC1NCC(O)C(F)F. The topological polar surface area (TPSA) is 32.3 Å². The van der Waals surface area contributed by atoms with Gasteiger partial charge in [0, 0.05) is 12.6 Å². The first-order valence-corrected chi connectivity index (χ1v) is 6.22. The van der Waals surface area contributed by atoms with Crippen molar-refractivity contribution in [2.24, 2.45) is 11.8 Å². The molecule has 4 heteroatoms. The molecular weight excluding hydrogens is 212 g/mol. The van der Waals surface area contributed by atoms with Gasteiger partial charge in [-0.3, -0.25) is 0 Å². The maximum absolute atomic E-state index is 12.1. The fraction of sp³-hybridized carbons (Fsp3) is 1.00. The summed E-state index contributed by atoms with van der Waals surface area (Å²) in [5, 5.41) is 12.2. The molecule has 1 saturated carbocycles. The molecule has 3 unspecified atom stereocenters. The van der Waals surface area contributed by atoms with Gasteiger partial charge in [-0.15, -0.1) is 0 Å². The summed E-state index contributed by atoms with van der Waals surface area (Å²) in [4.78, 5) is 0. The Labute approximate surface area is 96.4 Å². The Hall–Kier alpha value is -0.220. The van der Waals surface area contributed by atoms with E-state index in [1.807, 2.05) is 0 Å². The number of alkyl halides is 2. The Morgan fingerprint density at radius 3 is 2.44 bits per heavy atom. The lowest BCUT2D eigenvalue weighted by Gasteiger charge is -2.35. The Bertz CT molecular complexity index is 199. The van der Waals surface area contributed by atoms with E-state index in [-0.39, 0.29) is 6.54 Å².